The third-order valence-corrected chi connectivity index (χ3v) is 1.93. The Hall–Kier alpha value is -1.31. The molecule has 16 heavy (non-hydrogen) atoms. The van der Waals surface area contributed by atoms with Crippen LogP contribution in [0.4, 0.5) is 13.2 Å². The van der Waals surface area contributed by atoms with E-state index in [2.05, 4.69) is 25.9 Å². The van der Waals surface area contributed by atoms with E-state index in [0.717, 1.165) is 6.07 Å². The van der Waals surface area contributed by atoms with Crippen molar-refractivity contribution in [1.82, 2.24) is 9.97 Å². The van der Waals surface area contributed by atoms with E-state index in [1.807, 2.05) is 0 Å². The number of hydrogen-bond acceptors (Lipinski definition) is 4. The van der Waals surface area contributed by atoms with E-state index in [0.29, 0.717) is 0 Å². The lowest BCUT2D eigenvalue weighted by Gasteiger charge is -2.03. The van der Waals surface area contributed by atoms with Crippen molar-refractivity contribution in [2.24, 2.45) is 0 Å². The molecule has 0 spiro atoms. The van der Waals surface area contributed by atoms with Gasteiger partial charge < -0.3 is 0 Å². The van der Waals surface area contributed by atoms with Gasteiger partial charge in [0.05, 0.1) is 6.42 Å². The summed E-state index contributed by atoms with van der Waals surface area (Å²) >= 11 is 2.85. The van der Waals surface area contributed by atoms with Crippen molar-refractivity contribution in [3.05, 3.63) is 22.7 Å². The zero-order valence-electron chi connectivity index (χ0n) is 7.58. The lowest BCUT2D eigenvalue weighted by atomic mass is 10.1. The molecule has 8 heteroatoms. The Morgan fingerprint density at radius 1 is 1.38 bits per heavy atom. The molecule has 1 aromatic rings. The molecule has 0 aromatic carbocycles. The first-order valence-corrected chi connectivity index (χ1v) is 4.72. The molecule has 0 saturated carbocycles. The summed E-state index contributed by atoms with van der Waals surface area (Å²) in [6.07, 6.45) is -5.05. The van der Waals surface area contributed by atoms with Crippen LogP contribution in [0.3, 0.4) is 0 Å². The lowest BCUT2D eigenvalue weighted by Crippen LogP contribution is -2.25. The molecule has 0 fully saturated rings. The molecule has 4 nitrogen and oxygen atoms in total. The molecular formula is C8H4BrF3N2O2. The minimum atomic E-state index is -5.00. The van der Waals surface area contributed by atoms with Gasteiger partial charge in [-0.1, -0.05) is 0 Å². The van der Waals surface area contributed by atoms with Crippen molar-refractivity contribution in [3.8, 4) is 0 Å². The van der Waals surface area contributed by atoms with Crippen LogP contribution in [0.15, 0.2) is 17.0 Å². The van der Waals surface area contributed by atoms with Crippen LogP contribution in [0.5, 0.6) is 0 Å². The molecule has 0 atom stereocenters. The highest BCUT2D eigenvalue weighted by Gasteiger charge is 2.39. The molecule has 0 radical (unpaired) electrons. The van der Waals surface area contributed by atoms with Crippen LogP contribution in [-0.4, -0.2) is 27.7 Å². The molecule has 86 valence electrons. The number of carbonyl (C=O) groups excluding carboxylic acids is 2. The van der Waals surface area contributed by atoms with Crippen LogP contribution >= 0.6 is 15.9 Å². The van der Waals surface area contributed by atoms with E-state index in [9.17, 15) is 22.8 Å². The van der Waals surface area contributed by atoms with E-state index in [4.69, 9.17) is 0 Å². The van der Waals surface area contributed by atoms with Crippen molar-refractivity contribution < 1.29 is 22.8 Å². The summed E-state index contributed by atoms with van der Waals surface area (Å²) in [6, 6.07) is 1.14. The normalized spacial score (nSPS) is 11.2. The van der Waals surface area contributed by atoms with Gasteiger partial charge in [-0.3, -0.25) is 9.59 Å². The fraction of sp³-hybridized carbons (Fsp3) is 0.250. The molecule has 1 rings (SSSR count). The molecule has 0 aliphatic carbocycles. The highest BCUT2D eigenvalue weighted by atomic mass is 79.9. The Bertz CT molecular complexity index is 434. The van der Waals surface area contributed by atoms with Gasteiger partial charge in [0, 0.05) is 6.20 Å². The molecule has 0 amide bonds. The molecule has 1 aromatic heterocycles. The van der Waals surface area contributed by atoms with Crippen LogP contribution in [0, 0.1) is 0 Å². The number of ketones is 2. The summed E-state index contributed by atoms with van der Waals surface area (Å²) in [5.41, 5.74) is -0.237. The maximum absolute atomic E-state index is 11.9. The maximum Gasteiger partial charge on any atom is 0.450 e. The average Bonchev–Trinajstić information content (AvgIpc) is 2.16. The van der Waals surface area contributed by atoms with Crippen molar-refractivity contribution in [2.45, 2.75) is 12.6 Å². The minimum Gasteiger partial charge on any atom is -0.292 e. The number of hydrogen-bond donors (Lipinski definition) is 0. The summed E-state index contributed by atoms with van der Waals surface area (Å²) in [7, 11) is 0. The van der Waals surface area contributed by atoms with E-state index in [1.165, 1.54) is 6.20 Å². The third kappa shape index (κ3) is 3.37. The topological polar surface area (TPSA) is 59.9 Å². The van der Waals surface area contributed by atoms with Crippen LogP contribution in [0.2, 0.25) is 0 Å². The quantitative estimate of drug-likeness (QED) is 0.486. The number of alkyl halides is 3. The number of carbonyl (C=O) groups is 2. The number of rotatable bonds is 3. The smallest absolute Gasteiger partial charge is 0.292 e. The van der Waals surface area contributed by atoms with Gasteiger partial charge in [0.25, 0.3) is 0 Å². The molecule has 0 aliphatic rings. The summed E-state index contributed by atoms with van der Waals surface area (Å²) < 4.78 is 35.6. The van der Waals surface area contributed by atoms with Gasteiger partial charge in [0.2, 0.25) is 5.78 Å². The monoisotopic (exact) mass is 296 g/mol. The van der Waals surface area contributed by atoms with Crippen molar-refractivity contribution in [3.63, 3.8) is 0 Å². The van der Waals surface area contributed by atoms with Crippen molar-refractivity contribution in [2.75, 3.05) is 0 Å². The van der Waals surface area contributed by atoms with Gasteiger partial charge in [-0.05, 0) is 22.0 Å². The summed E-state index contributed by atoms with van der Waals surface area (Å²) in [5.74, 6) is -3.09. The molecular weight excluding hydrogens is 293 g/mol. The first-order chi connectivity index (χ1) is 7.30. The van der Waals surface area contributed by atoms with Gasteiger partial charge in [0.1, 0.15) is 5.69 Å². The Labute approximate surface area is 96.0 Å². The van der Waals surface area contributed by atoms with Gasteiger partial charge in [-0.25, -0.2) is 9.97 Å². The van der Waals surface area contributed by atoms with Crippen LogP contribution in [0.25, 0.3) is 0 Å². The largest absolute Gasteiger partial charge is 0.450 e. The predicted molar refractivity (Wildman–Crippen MR) is 49.7 cm³/mol. The Morgan fingerprint density at radius 2 is 2.00 bits per heavy atom. The first kappa shape index (κ1) is 12.8. The lowest BCUT2D eigenvalue weighted by molar-refractivity contribution is -0.170. The number of halogens is 4. The SMILES string of the molecule is O=C(CC(=O)C(F)(F)F)c1ccnc(Br)n1. The van der Waals surface area contributed by atoms with Crippen molar-refractivity contribution >= 4 is 27.5 Å². The fourth-order valence-corrected chi connectivity index (χ4v) is 1.14. The van der Waals surface area contributed by atoms with Crippen LogP contribution < -0.4 is 0 Å². The highest BCUT2D eigenvalue weighted by Crippen LogP contribution is 2.19. The number of aromatic nitrogens is 2. The zero-order valence-corrected chi connectivity index (χ0v) is 9.17. The minimum absolute atomic E-state index is 0.0674. The average molecular weight is 297 g/mol. The molecule has 0 bridgehead atoms. The number of nitrogens with zero attached hydrogens (tertiary/aromatic N) is 2. The van der Waals surface area contributed by atoms with Crippen LogP contribution in [-0.2, 0) is 4.79 Å². The summed E-state index contributed by atoms with van der Waals surface area (Å²) in [4.78, 5) is 28.9. The van der Waals surface area contributed by atoms with E-state index < -0.39 is 24.2 Å². The molecule has 0 saturated heterocycles. The van der Waals surface area contributed by atoms with Gasteiger partial charge in [-0.2, -0.15) is 13.2 Å². The van der Waals surface area contributed by atoms with Crippen molar-refractivity contribution in [1.29, 1.82) is 0 Å². The second-order valence-corrected chi connectivity index (χ2v) is 3.44. The van der Waals surface area contributed by atoms with E-state index in [-0.39, 0.29) is 10.4 Å². The highest BCUT2D eigenvalue weighted by molar-refractivity contribution is 9.10. The summed E-state index contributed by atoms with van der Waals surface area (Å²) in [5, 5.41) is 0. The molecule has 0 aliphatic heterocycles. The Balaban J connectivity index is 2.78. The maximum atomic E-state index is 11.9. The van der Waals surface area contributed by atoms with Gasteiger partial charge in [0.15, 0.2) is 10.5 Å². The fourth-order valence-electron chi connectivity index (χ4n) is 0.827. The van der Waals surface area contributed by atoms with Crippen LogP contribution in [0.1, 0.15) is 16.9 Å². The molecule has 0 N–H and O–H groups in total. The first-order valence-electron chi connectivity index (χ1n) is 3.92. The Kier molecular flexibility index (Phi) is 3.74. The Morgan fingerprint density at radius 3 is 2.50 bits per heavy atom. The second-order valence-electron chi connectivity index (χ2n) is 2.73. The van der Waals surface area contributed by atoms with Gasteiger partial charge >= 0.3 is 6.18 Å². The summed E-state index contributed by atoms with van der Waals surface area (Å²) in [6.45, 7) is 0. The third-order valence-electron chi connectivity index (χ3n) is 1.55. The zero-order chi connectivity index (χ0) is 12.3. The predicted octanol–water partition coefficient (Wildman–Crippen LogP) is 1.94. The molecule has 1 heterocycles. The van der Waals surface area contributed by atoms with E-state index >= 15 is 0 Å². The van der Waals surface area contributed by atoms with Gasteiger partial charge in [-0.15, -0.1) is 0 Å². The van der Waals surface area contributed by atoms with E-state index in [1.54, 1.807) is 0 Å². The standard InChI is InChI=1S/C8H4BrF3N2O2/c9-7-13-2-1-4(14-7)5(15)3-6(16)8(10,11)12/h1-2H,3H2. The number of Topliss-reactive ketones (excluding diaryl/α,β-unsaturated/α-hetero) is 2. The molecule has 0 unspecified atom stereocenters. The second kappa shape index (κ2) is 4.69.